The Balaban J connectivity index is 1.90. The third-order valence-corrected chi connectivity index (χ3v) is 4.92. The number of rotatable bonds is 7. The quantitative estimate of drug-likeness (QED) is 0.783. The highest BCUT2D eigenvalue weighted by molar-refractivity contribution is 7.90. The van der Waals surface area contributed by atoms with E-state index in [9.17, 15) is 18.0 Å². The molecule has 0 aliphatic heterocycles. The van der Waals surface area contributed by atoms with Crippen LogP contribution in [0, 0.1) is 0 Å². The molecule has 126 valence electrons. The van der Waals surface area contributed by atoms with Crippen LogP contribution in [0.2, 0.25) is 0 Å². The zero-order valence-electron chi connectivity index (χ0n) is 13.4. The molecule has 0 aliphatic rings. The minimum atomic E-state index is -3.91. The maximum Gasteiger partial charge on any atom is 0.264 e. The first kappa shape index (κ1) is 17.9. The Bertz CT molecular complexity index is 812. The third kappa shape index (κ3) is 5.03. The Morgan fingerprint density at radius 3 is 2.17 bits per heavy atom. The van der Waals surface area contributed by atoms with Crippen LogP contribution in [-0.4, -0.2) is 20.1 Å². The first-order chi connectivity index (χ1) is 11.4. The first-order valence-electron chi connectivity index (χ1n) is 7.59. The minimum absolute atomic E-state index is 0.0380. The van der Waals surface area contributed by atoms with Crippen molar-refractivity contribution < 1.29 is 18.0 Å². The van der Waals surface area contributed by atoms with Gasteiger partial charge in [0.05, 0.1) is 4.90 Å². The van der Waals surface area contributed by atoms with Crippen molar-refractivity contribution in [2.24, 2.45) is 0 Å². The summed E-state index contributed by atoms with van der Waals surface area (Å²) in [6, 6.07) is 15.2. The Morgan fingerprint density at radius 2 is 1.58 bits per heavy atom. The van der Waals surface area contributed by atoms with Crippen LogP contribution in [0.4, 0.5) is 0 Å². The topological polar surface area (TPSA) is 80.3 Å². The van der Waals surface area contributed by atoms with Crippen LogP contribution >= 0.6 is 0 Å². The molecule has 0 aliphatic carbocycles. The largest absolute Gasteiger partial charge is 0.295 e. The van der Waals surface area contributed by atoms with Gasteiger partial charge in [-0.1, -0.05) is 42.5 Å². The lowest BCUT2D eigenvalue weighted by molar-refractivity contribution is -0.119. The van der Waals surface area contributed by atoms with Crippen LogP contribution in [0.3, 0.4) is 0 Å². The lowest BCUT2D eigenvalue weighted by Crippen LogP contribution is -2.30. The van der Waals surface area contributed by atoms with Crippen molar-refractivity contribution in [2.45, 2.75) is 31.1 Å². The number of benzene rings is 2. The number of ketones is 1. The smallest absolute Gasteiger partial charge is 0.264 e. The van der Waals surface area contributed by atoms with Gasteiger partial charge in [0.15, 0.2) is 5.78 Å². The standard InChI is InChI=1S/C18H19NO4S/c1-14(20)16-10-12-17(13-11-16)24(22,23)19-18(21)9-5-8-15-6-3-2-4-7-15/h2-4,6-7,10-13H,5,8-9H2,1H3,(H,19,21). The first-order valence-corrected chi connectivity index (χ1v) is 9.07. The highest BCUT2D eigenvalue weighted by atomic mass is 32.2. The molecular formula is C18H19NO4S. The molecule has 1 amide bonds. The molecule has 0 heterocycles. The lowest BCUT2D eigenvalue weighted by Gasteiger charge is -2.07. The maximum absolute atomic E-state index is 12.1. The fourth-order valence-corrected chi connectivity index (χ4v) is 3.24. The number of Topliss-reactive ketones (excluding diaryl/α,β-unsaturated/α-hetero) is 1. The number of carbonyl (C=O) groups is 2. The van der Waals surface area contributed by atoms with Crippen LogP contribution in [-0.2, 0) is 21.2 Å². The predicted octanol–water partition coefficient (Wildman–Crippen LogP) is 2.72. The van der Waals surface area contributed by atoms with Crippen LogP contribution < -0.4 is 4.72 Å². The zero-order chi connectivity index (χ0) is 17.6. The number of amides is 1. The number of aryl methyl sites for hydroxylation is 1. The van der Waals surface area contributed by atoms with Crippen molar-refractivity contribution in [2.75, 3.05) is 0 Å². The number of sulfonamides is 1. The lowest BCUT2D eigenvalue weighted by atomic mass is 10.1. The van der Waals surface area contributed by atoms with Crippen molar-refractivity contribution in [3.63, 3.8) is 0 Å². The molecule has 2 aromatic rings. The monoisotopic (exact) mass is 345 g/mol. The SMILES string of the molecule is CC(=O)c1ccc(S(=O)(=O)NC(=O)CCCc2ccccc2)cc1. The van der Waals surface area contributed by atoms with Crippen LogP contribution in [0.5, 0.6) is 0 Å². The molecule has 2 rings (SSSR count). The van der Waals surface area contributed by atoms with E-state index < -0.39 is 15.9 Å². The summed E-state index contributed by atoms with van der Waals surface area (Å²) in [5, 5.41) is 0. The van der Waals surface area contributed by atoms with Crippen molar-refractivity contribution in [3.8, 4) is 0 Å². The summed E-state index contributed by atoms with van der Waals surface area (Å²) >= 11 is 0. The van der Waals surface area contributed by atoms with Gasteiger partial charge < -0.3 is 0 Å². The van der Waals surface area contributed by atoms with Gasteiger partial charge in [0, 0.05) is 12.0 Å². The summed E-state index contributed by atoms with van der Waals surface area (Å²) in [5.74, 6) is -0.689. The van der Waals surface area contributed by atoms with Gasteiger partial charge in [-0.25, -0.2) is 13.1 Å². The van der Waals surface area contributed by atoms with Gasteiger partial charge in [0.2, 0.25) is 5.91 Å². The van der Waals surface area contributed by atoms with E-state index in [1.165, 1.54) is 31.2 Å². The predicted molar refractivity (Wildman–Crippen MR) is 91.2 cm³/mol. The fraction of sp³-hybridized carbons (Fsp3) is 0.222. The summed E-state index contributed by atoms with van der Waals surface area (Å²) in [6.45, 7) is 1.40. The van der Waals surface area contributed by atoms with E-state index in [2.05, 4.69) is 4.72 Å². The number of hydrogen-bond donors (Lipinski definition) is 1. The molecule has 24 heavy (non-hydrogen) atoms. The van der Waals surface area contributed by atoms with Crippen molar-refractivity contribution in [1.29, 1.82) is 0 Å². The number of nitrogens with one attached hydrogen (secondary N) is 1. The highest BCUT2D eigenvalue weighted by Gasteiger charge is 2.17. The molecule has 0 bridgehead atoms. The summed E-state index contributed by atoms with van der Waals surface area (Å²) in [6.07, 6.45) is 1.40. The van der Waals surface area contributed by atoms with Crippen molar-refractivity contribution >= 4 is 21.7 Å². The van der Waals surface area contributed by atoms with E-state index in [1.807, 2.05) is 30.3 Å². The Morgan fingerprint density at radius 1 is 0.958 bits per heavy atom. The molecule has 0 radical (unpaired) electrons. The van der Waals surface area contributed by atoms with E-state index in [0.29, 0.717) is 18.4 Å². The molecule has 0 spiro atoms. The zero-order valence-corrected chi connectivity index (χ0v) is 14.2. The molecule has 5 nitrogen and oxygen atoms in total. The molecule has 0 atom stereocenters. The van der Waals surface area contributed by atoms with Crippen LogP contribution in [0.15, 0.2) is 59.5 Å². The van der Waals surface area contributed by atoms with E-state index in [0.717, 1.165) is 5.56 Å². The normalized spacial score (nSPS) is 11.0. The van der Waals surface area contributed by atoms with Crippen molar-refractivity contribution in [3.05, 3.63) is 65.7 Å². The number of carbonyl (C=O) groups excluding carboxylic acids is 2. The van der Waals surface area contributed by atoms with Gasteiger partial charge in [-0.05, 0) is 37.5 Å². The molecule has 0 aromatic heterocycles. The van der Waals surface area contributed by atoms with Gasteiger partial charge in [0.25, 0.3) is 10.0 Å². The van der Waals surface area contributed by atoms with Gasteiger partial charge in [-0.15, -0.1) is 0 Å². The second-order valence-corrected chi connectivity index (χ2v) is 7.13. The Labute approximate surface area is 141 Å². The Kier molecular flexibility index (Phi) is 5.87. The van der Waals surface area contributed by atoms with Gasteiger partial charge >= 0.3 is 0 Å². The summed E-state index contributed by atoms with van der Waals surface area (Å²) in [7, 11) is -3.91. The molecule has 0 fully saturated rings. The third-order valence-electron chi connectivity index (χ3n) is 3.53. The van der Waals surface area contributed by atoms with Gasteiger partial charge in [0.1, 0.15) is 0 Å². The van der Waals surface area contributed by atoms with Gasteiger partial charge in [-0.2, -0.15) is 0 Å². The number of hydrogen-bond acceptors (Lipinski definition) is 4. The highest BCUT2D eigenvalue weighted by Crippen LogP contribution is 2.12. The molecule has 1 N–H and O–H groups in total. The Hall–Kier alpha value is -2.47. The minimum Gasteiger partial charge on any atom is -0.295 e. The van der Waals surface area contributed by atoms with E-state index in [4.69, 9.17) is 0 Å². The average Bonchev–Trinajstić information content (AvgIpc) is 2.55. The van der Waals surface area contributed by atoms with Crippen LogP contribution in [0.1, 0.15) is 35.7 Å². The second-order valence-electron chi connectivity index (χ2n) is 5.45. The summed E-state index contributed by atoms with van der Waals surface area (Å²) in [4.78, 5) is 23.0. The molecular weight excluding hydrogens is 326 g/mol. The summed E-state index contributed by atoms with van der Waals surface area (Å²) in [5.41, 5.74) is 1.52. The van der Waals surface area contributed by atoms with E-state index >= 15 is 0 Å². The maximum atomic E-state index is 12.1. The van der Waals surface area contributed by atoms with Gasteiger partial charge in [-0.3, -0.25) is 9.59 Å². The fourth-order valence-electron chi connectivity index (χ4n) is 2.23. The second kappa shape index (κ2) is 7.88. The molecule has 6 heteroatoms. The molecule has 0 saturated heterocycles. The van der Waals surface area contributed by atoms with Crippen molar-refractivity contribution in [1.82, 2.24) is 4.72 Å². The van der Waals surface area contributed by atoms with E-state index in [1.54, 1.807) is 0 Å². The summed E-state index contributed by atoms with van der Waals surface area (Å²) < 4.78 is 26.3. The molecule has 2 aromatic carbocycles. The van der Waals surface area contributed by atoms with E-state index in [-0.39, 0.29) is 17.1 Å². The molecule has 0 saturated carbocycles. The van der Waals surface area contributed by atoms with Crippen LogP contribution in [0.25, 0.3) is 0 Å². The average molecular weight is 345 g/mol. The molecule has 0 unspecified atom stereocenters.